The first-order valence-corrected chi connectivity index (χ1v) is 5.01. The summed E-state index contributed by atoms with van der Waals surface area (Å²) in [5, 5.41) is 8.79. The maximum absolute atomic E-state index is 8.79. The second-order valence-corrected chi connectivity index (χ2v) is 3.51. The number of rotatable bonds is 0. The molecule has 4 heterocycles. The van der Waals surface area contributed by atoms with Crippen LogP contribution in [0.4, 0.5) is 5.82 Å². The minimum atomic E-state index is 0.0804. The minimum Gasteiger partial charge on any atom is -0.494 e. The van der Waals surface area contributed by atoms with Crippen LogP contribution in [0.3, 0.4) is 0 Å². The van der Waals surface area contributed by atoms with Crippen LogP contribution < -0.4 is 5.73 Å². The molecule has 0 saturated carbocycles. The van der Waals surface area contributed by atoms with Crippen molar-refractivity contribution in [2.24, 2.45) is 0 Å². The van der Waals surface area contributed by atoms with Crippen molar-refractivity contribution >= 4 is 28.3 Å². The second kappa shape index (κ2) is 3.84. The number of H-pyrrole nitrogens is 2. The van der Waals surface area contributed by atoms with E-state index in [1.165, 1.54) is 18.9 Å². The fourth-order valence-corrected chi connectivity index (χ4v) is 1.50. The predicted molar refractivity (Wildman–Crippen MR) is 62.8 cm³/mol. The molecule has 0 bridgehead atoms. The molecule has 8 nitrogen and oxygen atoms in total. The number of fused-ring (bicyclic) bond motifs is 2. The molecule has 0 radical (unpaired) electrons. The lowest BCUT2D eigenvalue weighted by atomic mass is 10.6. The van der Waals surface area contributed by atoms with E-state index in [9.17, 15) is 0 Å². The number of nitrogens with one attached hydrogen (secondary N) is 2. The van der Waals surface area contributed by atoms with Crippen LogP contribution in [0.5, 0.6) is 5.88 Å². The largest absolute Gasteiger partial charge is 0.494 e. The highest BCUT2D eigenvalue weighted by molar-refractivity contribution is 5.73. The molecule has 0 unspecified atom stereocenters. The van der Waals surface area contributed by atoms with Gasteiger partial charge in [0.1, 0.15) is 5.82 Å². The normalized spacial score (nSPS) is 10.7. The number of aromatic hydroxyl groups is 1. The quantitative estimate of drug-likeness (QED) is 0.373. The van der Waals surface area contributed by atoms with Crippen molar-refractivity contribution < 1.29 is 13.9 Å². The fraction of sp³-hybridized carbons (Fsp3) is 0. The van der Waals surface area contributed by atoms with Gasteiger partial charge in [0.05, 0.1) is 0 Å². The van der Waals surface area contributed by atoms with Gasteiger partial charge in [0.2, 0.25) is 0 Å². The number of aromatic amines is 2. The van der Waals surface area contributed by atoms with Crippen molar-refractivity contribution in [1.29, 1.82) is 0 Å². The smallest absolute Gasteiger partial charge is 0.193 e. The van der Waals surface area contributed by atoms with Gasteiger partial charge in [-0.05, 0) is 0 Å². The van der Waals surface area contributed by atoms with Crippen molar-refractivity contribution in [3.63, 3.8) is 0 Å². The molecular weight excluding hydrogens is 238 g/mol. The van der Waals surface area contributed by atoms with E-state index in [0.717, 1.165) is 0 Å². The molecule has 0 spiro atoms. The summed E-state index contributed by atoms with van der Waals surface area (Å²) < 4.78 is 9.75. The Kier molecular flexibility index (Phi) is 2.19. The monoisotopic (exact) mass is 247 g/mol. The molecule has 0 amide bonds. The van der Waals surface area contributed by atoms with Gasteiger partial charge in [-0.3, -0.25) is 0 Å². The molecule has 0 aromatic carbocycles. The zero-order chi connectivity index (χ0) is 12.5. The Morgan fingerprint density at radius 2 is 1.61 bits per heavy atom. The molecule has 92 valence electrons. The summed E-state index contributed by atoms with van der Waals surface area (Å²) in [6.07, 6.45) is 2.70. The summed E-state index contributed by atoms with van der Waals surface area (Å²) in [6.45, 7) is 0. The number of hydrogen-bond acceptors (Lipinski definition) is 6. The van der Waals surface area contributed by atoms with Crippen molar-refractivity contribution in [2.45, 2.75) is 0 Å². The van der Waals surface area contributed by atoms with Crippen LogP contribution in [-0.4, -0.2) is 25.0 Å². The van der Waals surface area contributed by atoms with E-state index in [1.54, 1.807) is 6.07 Å². The predicted octanol–water partition coefficient (Wildman–Crippen LogP) is 1.60. The van der Waals surface area contributed by atoms with Gasteiger partial charge in [0.25, 0.3) is 0 Å². The average molecular weight is 247 g/mol. The lowest BCUT2D eigenvalue weighted by molar-refractivity contribution is 0.457. The first kappa shape index (κ1) is 10.3. The van der Waals surface area contributed by atoms with Gasteiger partial charge < -0.3 is 29.6 Å². The van der Waals surface area contributed by atoms with Gasteiger partial charge in [0, 0.05) is 12.1 Å². The third kappa shape index (κ3) is 1.75. The fourth-order valence-electron chi connectivity index (χ4n) is 1.50. The highest BCUT2D eigenvalue weighted by Crippen LogP contribution is 2.16. The first-order chi connectivity index (χ1) is 8.72. The van der Waals surface area contributed by atoms with Crippen LogP contribution in [0.2, 0.25) is 0 Å². The molecule has 0 aliphatic rings. The average Bonchev–Trinajstić information content (AvgIpc) is 2.97. The van der Waals surface area contributed by atoms with Crippen molar-refractivity contribution in [1.82, 2.24) is 19.9 Å². The standard InChI is InChI=1S/C5H5N3O.C5H4N2O2/c6-4-1-3-5(8-4)7-2-9-3;8-4-1-3-5(7-4)6-2-9-3/h1-2,8H,6H2;1-2,7-8H. The van der Waals surface area contributed by atoms with Gasteiger partial charge in [-0.2, -0.15) is 9.97 Å². The first-order valence-electron chi connectivity index (χ1n) is 5.01. The lowest BCUT2D eigenvalue weighted by Crippen LogP contribution is -1.81. The molecule has 0 atom stereocenters. The Morgan fingerprint density at radius 1 is 1.00 bits per heavy atom. The van der Waals surface area contributed by atoms with Gasteiger partial charge in [0.15, 0.2) is 41.1 Å². The van der Waals surface area contributed by atoms with E-state index < -0.39 is 0 Å². The maximum atomic E-state index is 8.79. The Morgan fingerprint density at radius 3 is 2.22 bits per heavy atom. The van der Waals surface area contributed by atoms with E-state index in [4.69, 9.17) is 19.7 Å². The summed E-state index contributed by atoms with van der Waals surface area (Å²) in [5.74, 6) is 0.661. The van der Waals surface area contributed by atoms with Crippen LogP contribution in [0.25, 0.3) is 22.5 Å². The van der Waals surface area contributed by atoms with Crippen molar-refractivity contribution in [3.05, 3.63) is 24.9 Å². The third-order valence-corrected chi connectivity index (χ3v) is 2.25. The molecule has 5 N–H and O–H groups in total. The Bertz CT molecular complexity index is 654. The third-order valence-electron chi connectivity index (χ3n) is 2.25. The van der Waals surface area contributed by atoms with Crippen molar-refractivity contribution in [3.8, 4) is 5.88 Å². The Labute approximate surface area is 99.4 Å². The zero-order valence-corrected chi connectivity index (χ0v) is 9.04. The van der Waals surface area contributed by atoms with Gasteiger partial charge >= 0.3 is 0 Å². The van der Waals surface area contributed by atoms with Gasteiger partial charge in [-0.25, -0.2) is 0 Å². The van der Waals surface area contributed by atoms with Gasteiger partial charge in [-0.15, -0.1) is 0 Å². The zero-order valence-electron chi connectivity index (χ0n) is 9.04. The van der Waals surface area contributed by atoms with Gasteiger partial charge in [-0.1, -0.05) is 0 Å². The SMILES string of the molecule is Nc1cc2ocnc2[nH]1.Oc1cc2ocnc2[nH]1. The number of oxazole rings is 2. The van der Waals surface area contributed by atoms with Crippen LogP contribution in [0.15, 0.2) is 33.8 Å². The molecule has 0 aliphatic carbocycles. The number of nitrogens with two attached hydrogens (primary N) is 1. The summed E-state index contributed by atoms with van der Waals surface area (Å²) >= 11 is 0. The molecule has 8 heteroatoms. The van der Waals surface area contributed by atoms with E-state index in [1.807, 2.05) is 0 Å². The van der Waals surface area contributed by atoms with E-state index in [2.05, 4.69) is 19.9 Å². The summed E-state index contributed by atoms with van der Waals surface area (Å²) in [7, 11) is 0. The number of nitrogen functional groups attached to an aromatic ring is 1. The maximum Gasteiger partial charge on any atom is 0.193 e. The molecule has 0 aliphatic heterocycles. The minimum absolute atomic E-state index is 0.0804. The lowest BCUT2D eigenvalue weighted by Gasteiger charge is -1.74. The molecule has 0 fully saturated rings. The highest BCUT2D eigenvalue weighted by atomic mass is 16.3. The van der Waals surface area contributed by atoms with Crippen LogP contribution in [0, 0.1) is 0 Å². The van der Waals surface area contributed by atoms with Crippen LogP contribution >= 0.6 is 0 Å². The molecule has 4 aromatic rings. The van der Waals surface area contributed by atoms with Crippen LogP contribution in [0.1, 0.15) is 0 Å². The molecule has 4 rings (SSSR count). The van der Waals surface area contributed by atoms with E-state index in [0.29, 0.717) is 28.3 Å². The second-order valence-electron chi connectivity index (χ2n) is 3.51. The number of hydrogen-bond donors (Lipinski definition) is 4. The summed E-state index contributed by atoms with van der Waals surface area (Å²) in [5.41, 5.74) is 7.94. The van der Waals surface area contributed by atoms with Crippen molar-refractivity contribution in [2.75, 3.05) is 5.73 Å². The number of anilines is 1. The number of nitrogens with zero attached hydrogens (tertiary/aromatic N) is 2. The van der Waals surface area contributed by atoms with E-state index >= 15 is 0 Å². The van der Waals surface area contributed by atoms with E-state index in [-0.39, 0.29) is 5.88 Å². The molecular formula is C10H9N5O3. The number of aromatic nitrogens is 4. The molecule has 18 heavy (non-hydrogen) atoms. The topological polar surface area (TPSA) is 130 Å². The summed E-state index contributed by atoms with van der Waals surface area (Å²) in [6, 6.07) is 3.17. The van der Waals surface area contributed by atoms with Crippen LogP contribution in [-0.2, 0) is 0 Å². The highest BCUT2D eigenvalue weighted by Gasteiger charge is 2.00. The molecule has 0 saturated heterocycles. The summed E-state index contributed by atoms with van der Waals surface area (Å²) in [4.78, 5) is 13.0. The Balaban J connectivity index is 0.000000111. The molecule has 4 aromatic heterocycles. The Hall–Kier alpha value is -2.90.